The fourth-order valence-electron chi connectivity index (χ4n) is 3.69. The summed E-state index contributed by atoms with van der Waals surface area (Å²) in [4.78, 5) is 25.7. The number of amides is 1. The van der Waals surface area contributed by atoms with Gasteiger partial charge in [0, 0.05) is 43.7 Å². The minimum atomic E-state index is 0. The number of halogens is 1. The fourth-order valence-corrected chi connectivity index (χ4v) is 3.69. The highest BCUT2D eigenvalue weighted by atomic mass is 127. The molecule has 10 heteroatoms. The maximum Gasteiger partial charge on any atom is 0.276 e. The number of hydrogen-bond donors (Lipinski definition) is 3. The highest BCUT2D eigenvalue weighted by Gasteiger charge is 2.28. The van der Waals surface area contributed by atoms with E-state index in [1.54, 1.807) is 6.20 Å². The normalized spacial score (nSPS) is 18.7. The lowest BCUT2D eigenvalue weighted by atomic mass is 9.85. The molecule has 0 saturated heterocycles. The number of aromatic nitrogens is 3. The Labute approximate surface area is 206 Å². The van der Waals surface area contributed by atoms with Gasteiger partial charge >= 0.3 is 0 Å². The van der Waals surface area contributed by atoms with E-state index in [0.29, 0.717) is 30.4 Å². The van der Waals surface area contributed by atoms with Crippen LogP contribution in [0.15, 0.2) is 33.9 Å². The minimum Gasteiger partial charge on any atom is -0.357 e. The predicted octanol–water partition coefficient (Wildman–Crippen LogP) is 2.93. The molecule has 176 valence electrons. The van der Waals surface area contributed by atoms with Crippen molar-refractivity contribution in [3.8, 4) is 11.6 Å². The summed E-state index contributed by atoms with van der Waals surface area (Å²) in [6.07, 6.45) is 6.10. The molecule has 3 rings (SSSR count). The van der Waals surface area contributed by atoms with Gasteiger partial charge in [0.2, 0.25) is 5.91 Å². The largest absolute Gasteiger partial charge is 0.357 e. The summed E-state index contributed by atoms with van der Waals surface area (Å²) in [5, 5.41) is 13.8. The third kappa shape index (κ3) is 8.03. The molecule has 0 spiro atoms. The molecule has 1 amide bonds. The van der Waals surface area contributed by atoms with Gasteiger partial charge in [0.1, 0.15) is 5.69 Å². The Hall–Kier alpha value is -2.24. The maximum atomic E-state index is 12.4. The van der Waals surface area contributed by atoms with E-state index >= 15 is 0 Å². The second-order valence-electron chi connectivity index (χ2n) is 8.11. The molecule has 0 radical (unpaired) electrons. The van der Waals surface area contributed by atoms with Gasteiger partial charge in [0.15, 0.2) is 11.8 Å². The first-order chi connectivity index (χ1) is 15.0. The van der Waals surface area contributed by atoms with Gasteiger partial charge in [-0.25, -0.2) is 0 Å². The molecular weight excluding hydrogens is 521 g/mol. The van der Waals surface area contributed by atoms with Gasteiger partial charge in [-0.3, -0.25) is 14.8 Å². The van der Waals surface area contributed by atoms with Crippen molar-refractivity contribution >= 4 is 35.8 Å². The second kappa shape index (κ2) is 13.3. The first kappa shape index (κ1) is 26.0. The average Bonchev–Trinajstić information content (AvgIpc) is 3.23. The van der Waals surface area contributed by atoms with Crippen LogP contribution in [-0.2, 0) is 11.2 Å². The van der Waals surface area contributed by atoms with Gasteiger partial charge in [-0.05, 0) is 52.2 Å². The molecule has 1 aliphatic carbocycles. The highest BCUT2D eigenvalue weighted by Crippen LogP contribution is 2.24. The summed E-state index contributed by atoms with van der Waals surface area (Å²) in [5.41, 5.74) is 0.660. The molecule has 0 aromatic carbocycles. The molecule has 0 aliphatic heterocycles. The van der Waals surface area contributed by atoms with Crippen molar-refractivity contribution in [1.29, 1.82) is 0 Å². The third-order valence-corrected chi connectivity index (χ3v) is 5.12. The predicted molar refractivity (Wildman–Crippen MR) is 135 cm³/mol. The van der Waals surface area contributed by atoms with E-state index in [9.17, 15) is 4.79 Å². The minimum absolute atomic E-state index is 0. The van der Waals surface area contributed by atoms with Crippen molar-refractivity contribution in [3.63, 3.8) is 0 Å². The molecule has 2 unspecified atom stereocenters. The van der Waals surface area contributed by atoms with E-state index < -0.39 is 0 Å². The Kier molecular flexibility index (Phi) is 10.8. The summed E-state index contributed by atoms with van der Waals surface area (Å²) in [6.45, 7) is 7.32. The number of rotatable bonds is 8. The Bertz CT molecular complexity index is 857. The smallest absolute Gasteiger partial charge is 0.276 e. The monoisotopic (exact) mass is 555 g/mol. The van der Waals surface area contributed by atoms with Crippen LogP contribution in [0.3, 0.4) is 0 Å². The van der Waals surface area contributed by atoms with Gasteiger partial charge in [0.25, 0.3) is 5.89 Å². The lowest BCUT2D eigenvalue weighted by Gasteiger charge is -2.30. The van der Waals surface area contributed by atoms with Crippen molar-refractivity contribution in [2.45, 2.75) is 65.0 Å². The van der Waals surface area contributed by atoms with E-state index in [4.69, 9.17) is 4.52 Å². The van der Waals surface area contributed by atoms with Crippen molar-refractivity contribution in [3.05, 3.63) is 30.2 Å². The summed E-state index contributed by atoms with van der Waals surface area (Å²) >= 11 is 0. The van der Waals surface area contributed by atoms with Gasteiger partial charge in [-0.1, -0.05) is 17.6 Å². The topological polar surface area (TPSA) is 117 Å². The van der Waals surface area contributed by atoms with Crippen LogP contribution >= 0.6 is 24.0 Å². The van der Waals surface area contributed by atoms with Crippen molar-refractivity contribution in [2.24, 2.45) is 10.9 Å². The quantitative estimate of drug-likeness (QED) is 0.261. The maximum absolute atomic E-state index is 12.4. The number of carbonyl (C=O) groups is 1. The fraction of sp³-hybridized carbons (Fsp3) is 0.591. The third-order valence-electron chi connectivity index (χ3n) is 5.12. The van der Waals surface area contributed by atoms with Crippen LogP contribution in [-0.4, -0.2) is 52.2 Å². The Morgan fingerprint density at radius 3 is 2.88 bits per heavy atom. The van der Waals surface area contributed by atoms with E-state index in [0.717, 1.165) is 38.2 Å². The van der Waals surface area contributed by atoms with Crippen molar-refractivity contribution < 1.29 is 9.32 Å². The van der Waals surface area contributed by atoms with E-state index in [1.807, 2.05) is 39.0 Å². The second-order valence-corrected chi connectivity index (χ2v) is 8.11. The number of pyridine rings is 1. The number of guanidine groups is 1. The van der Waals surface area contributed by atoms with Gasteiger partial charge in [-0.2, -0.15) is 4.98 Å². The molecule has 2 aromatic rings. The lowest BCUT2D eigenvalue weighted by molar-refractivity contribution is -0.126. The van der Waals surface area contributed by atoms with Gasteiger partial charge in [-0.15, -0.1) is 24.0 Å². The first-order valence-electron chi connectivity index (χ1n) is 11.1. The van der Waals surface area contributed by atoms with Crippen LogP contribution in [0.1, 0.15) is 52.3 Å². The zero-order valence-electron chi connectivity index (χ0n) is 19.0. The molecule has 1 saturated carbocycles. The molecule has 32 heavy (non-hydrogen) atoms. The molecule has 2 aromatic heterocycles. The summed E-state index contributed by atoms with van der Waals surface area (Å²) in [6, 6.07) is 5.96. The first-order valence-corrected chi connectivity index (χ1v) is 11.1. The van der Waals surface area contributed by atoms with Crippen LogP contribution in [0.4, 0.5) is 0 Å². The lowest BCUT2D eigenvalue weighted by Crippen LogP contribution is -2.47. The van der Waals surface area contributed by atoms with E-state index in [2.05, 4.69) is 36.1 Å². The number of aliphatic imine (C=N–C) groups is 1. The molecule has 0 bridgehead atoms. The van der Waals surface area contributed by atoms with Gasteiger partial charge < -0.3 is 20.5 Å². The van der Waals surface area contributed by atoms with Gasteiger partial charge in [0.05, 0.1) is 0 Å². The molecule has 2 heterocycles. The molecule has 1 fully saturated rings. The van der Waals surface area contributed by atoms with E-state index in [-0.39, 0.29) is 47.9 Å². The summed E-state index contributed by atoms with van der Waals surface area (Å²) < 4.78 is 5.30. The molecule has 1 aliphatic rings. The molecule has 2 atom stereocenters. The van der Waals surface area contributed by atoms with Crippen LogP contribution in [0.25, 0.3) is 11.6 Å². The molecular formula is C22H34IN7O2. The van der Waals surface area contributed by atoms with Crippen LogP contribution < -0.4 is 16.0 Å². The van der Waals surface area contributed by atoms with Crippen LogP contribution in [0, 0.1) is 5.92 Å². The Balaban J connectivity index is 0.00000363. The van der Waals surface area contributed by atoms with Crippen LogP contribution in [0.2, 0.25) is 0 Å². The SMILES string of the molecule is CCNC(=NCCc1noc(-c2ccccn2)n1)NC1CCCC(C(=O)NC(C)C)C1.I. The number of nitrogens with one attached hydrogen (secondary N) is 3. The zero-order valence-corrected chi connectivity index (χ0v) is 21.3. The van der Waals surface area contributed by atoms with Crippen LogP contribution in [0.5, 0.6) is 0 Å². The average molecular weight is 555 g/mol. The summed E-state index contributed by atoms with van der Waals surface area (Å²) in [5.74, 6) is 1.98. The van der Waals surface area contributed by atoms with Crippen molar-refractivity contribution in [1.82, 2.24) is 31.1 Å². The Morgan fingerprint density at radius 1 is 1.31 bits per heavy atom. The molecule has 9 nitrogen and oxygen atoms in total. The Morgan fingerprint density at radius 2 is 2.16 bits per heavy atom. The number of hydrogen-bond acceptors (Lipinski definition) is 6. The zero-order chi connectivity index (χ0) is 22.1. The molecule has 3 N–H and O–H groups in total. The number of carbonyl (C=O) groups excluding carboxylic acids is 1. The van der Waals surface area contributed by atoms with E-state index in [1.165, 1.54) is 0 Å². The highest BCUT2D eigenvalue weighted by molar-refractivity contribution is 14.0. The summed E-state index contributed by atoms with van der Waals surface area (Å²) in [7, 11) is 0. The standard InChI is InChI=1S/C22H33N7O2.HI/c1-4-23-22(27-17-9-7-8-16(14-17)20(30)26-15(2)3)25-13-11-19-28-21(31-29-19)18-10-5-6-12-24-18;/h5-6,10,12,15-17H,4,7-9,11,13-14H2,1-3H3,(H,26,30)(H2,23,25,27);1H. The number of nitrogens with zero attached hydrogens (tertiary/aromatic N) is 4. The van der Waals surface area contributed by atoms with Crippen molar-refractivity contribution in [2.75, 3.05) is 13.1 Å².